The average Bonchev–Trinajstić information content (AvgIpc) is 3.04. The Labute approximate surface area is 125 Å². The van der Waals surface area contributed by atoms with E-state index in [-0.39, 0.29) is 12.1 Å². The zero-order valence-electron chi connectivity index (χ0n) is 12.6. The molecule has 1 heterocycles. The number of hydrogen-bond donors (Lipinski definition) is 0. The van der Waals surface area contributed by atoms with Crippen LogP contribution in [-0.2, 0) is 20.7 Å². The second-order valence-corrected chi connectivity index (χ2v) is 5.01. The molecule has 1 unspecified atom stereocenters. The molecule has 1 aromatic rings. The second kappa shape index (κ2) is 7.88. The molecule has 1 saturated heterocycles. The largest absolute Gasteiger partial charge is 0.493 e. The zero-order chi connectivity index (χ0) is 15.1. The molecule has 0 spiro atoms. The quantitative estimate of drug-likeness (QED) is 0.723. The molecule has 0 saturated carbocycles. The van der Waals surface area contributed by atoms with E-state index in [0.29, 0.717) is 30.9 Å². The Morgan fingerprint density at radius 2 is 2.10 bits per heavy atom. The van der Waals surface area contributed by atoms with Crippen LogP contribution < -0.4 is 9.47 Å². The highest BCUT2D eigenvalue weighted by molar-refractivity contribution is 5.69. The van der Waals surface area contributed by atoms with Gasteiger partial charge in [-0.05, 0) is 37.0 Å². The van der Waals surface area contributed by atoms with Gasteiger partial charge in [0.15, 0.2) is 11.5 Å². The van der Waals surface area contributed by atoms with Gasteiger partial charge in [0, 0.05) is 13.0 Å². The standard InChI is InChI=1S/C16H22O5/c1-18-14-7-5-12(10-15(14)19-2)6-8-16(17)21-11-13-4-3-9-20-13/h5,7,10,13H,3-4,6,8-9,11H2,1-2H3. The molecule has 0 N–H and O–H groups in total. The summed E-state index contributed by atoms with van der Waals surface area (Å²) in [6, 6.07) is 5.65. The fourth-order valence-corrected chi connectivity index (χ4v) is 2.32. The van der Waals surface area contributed by atoms with Crippen molar-refractivity contribution in [1.29, 1.82) is 0 Å². The Hall–Kier alpha value is -1.75. The third-order valence-electron chi connectivity index (χ3n) is 3.52. The number of carbonyl (C=O) groups is 1. The predicted molar refractivity (Wildman–Crippen MR) is 77.8 cm³/mol. The zero-order valence-corrected chi connectivity index (χ0v) is 12.6. The van der Waals surface area contributed by atoms with Crippen molar-refractivity contribution in [3.63, 3.8) is 0 Å². The van der Waals surface area contributed by atoms with Gasteiger partial charge in [-0.25, -0.2) is 0 Å². The number of ether oxygens (including phenoxy) is 4. The molecule has 1 aliphatic rings. The third-order valence-corrected chi connectivity index (χ3v) is 3.52. The molecule has 1 fully saturated rings. The Bertz CT molecular complexity index is 466. The van der Waals surface area contributed by atoms with Crippen molar-refractivity contribution in [3.8, 4) is 11.5 Å². The van der Waals surface area contributed by atoms with Crippen LogP contribution in [0.25, 0.3) is 0 Å². The van der Waals surface area contributed by atoms with E-state index in [1.165, 1.54) is 0 Å². The van der Waals surface area contributed by atoms with Crippen molar-refractivity contribution in [2.75, 3.05) is 27.4 Å². The van der Waals surface area contributed by atoms with Crippen LogP contribution in [0.4, 0.5) is 0 Å². The smallest absolute Gasteiger partial charge is 0.306 e. The highest BCUT2D eigenvalue weighted by Crippen LogP contribution is 2.28. The molecule has 0 aromatic heterocycles. The molecule has 0 aliphatic carbocycles. The van der Waals surface area contributed by atoms with E-state index in [4.69, 9.17) is 18.9 Å². The summed E-state index contributed by atoms with van der Waals surface area (Å²) in [6.07, 6.45) is 3.07. The van der Waals surface area contributed by atoms with E-state index in [0.717, 1.165) is 25.0 Å². The normalized spacial score (nSPS) is 17.5. The average molecular weight is 294 g/mol. The molecule has 0 bridgehead atoms. The van der Waals surface area contributed by atoms with Gasteiger partial charge in [0.1, 0.15) is 6.61 Å². The Kier molecular flexibility index (Phi) is 5.87. The predicted octanol–water partition coefficient (Wildman–Crippen LogP) is 2.36. The molecule has 0 amide bonds. The number of hydrogen-bond acceptors (Lipinski definition) is 5. The van der Waals surface area contributed by atoms with Gasteiger partial charge in [-0.2, -0.15) is 0 Å². The van der Waals surface area contributed by atoms with Crippen molar-refractivity contribution in [2.24, 2.45) is 0 Å². The Balaban J connectivity index is 1.77. The van der Waals surface area contributed by atoms with Crippen molar-refractivity contribution < 1.29 is 23.7 Å². The third kappa shape index (κ3) is 4.63. The number of benzene rings is 1. The second-order valence-electron chi connectivity index (χ2n) is 5.01. The van der Waals surface area contributed by atoms with Crippen molar-refractivity contribution in [1.82, 2.24) is 0 Å². The van der Waals surface area contributed by atoms with Gasteiger partial charge in [0.05, 0.1) is 20.3 Å². The maximum atomic E-state index is 11.7. The van der Waals surface area contributed by atoms with Gasteiger partial charge in [0.2, 0.25) is 0 Å². The topological polar surface area (TPSA) is 54.0 Å². The van der Waals surface area contributed by atoms with Gasteiger partial charge < -0.3 is 18.9 Å². The van der Waals surface area contributed by atoms with Crippen LogP contribution in [0, 0.1) is 0 Å². The first kappa shape index (κ1) is 15.6. The molecular formula is C16H22O5. The van der Waals surface area contributed by atoms with Crippen LogP contribution in [0.2, 0.25) is 0 Å². The van der Waals surface area contributed by atoms with Crippen LogP contribution in [0.1, 0.15) is 24.8 Å². The minimum atomic E-state index is -0.194. The number of aryl methyl sites for hydroxylation is 1. The minimum absolute atomic E-state index is 0.0787. The SMILES string of the molecule is COc1ccc(CCC(=O)OCC2CCCO2)cc1OC. The summed E-state index contributed by atoms with van der Waals surface area (Å²) in [4.78, 5) is 11.7. The van der Waals surface area contributed by atoms with Crippen LogP contribution in [0.3, 0.4) is 0 Å². The van der Waals surface area contributed by atoms with E-state index in [9.17, 15) is 4.79 Å². The van der Waals surface area contributed by atoms with Crippen molar-refractivity contribution >= 4 is 5.97 Å². The maximum absolute atomic E-state index is 11.7. The van der Waals surface area contributed by atoms with Crippen LogP contribution in [-0.4, -0.2) is 39.5 Å². The number of esters is 1. The fraction of sp³-hybridized carbons (Fsp3) is 0.562. The highest BCUT2D eigenvalue weighted by Gasteiger charge is 2.17. The van der Waals surface area contributed by atoms with Gasteiger partial charge >= 0.3 is 5.97 Å². The molecule has 1 atom stereocenters. The summed E-state index contributed by atoms with van der Waals surface area (Å²) in [7, 11) is 3.19. The number of rotatable bonds is 7. The molecule has 2 rings (SSSR count). The molecule has 116 valence electrons. The lowest BCUT2D eigenvalue weighted by molar-refractivity contribution is -0.146. The maximum Gasteiger partial charge on any atom is 0.306 e. The summed E-state index contributed by atoms with van der Waals surface area (Å²) in [5, 5.41) is 0. The molecular weight excluding hydrogens is 272 g/mol. The first-order valence-electron chi connectivity index (χ1n) is 7.21. The molecule has 5 heteroatoms. The lowest BCUT2D eigenvalue weighted by Gasteiger charge is -2.11. The van der Waals surface area contributed by atoms with Crippen LogP contribution in [0.5, 0.6) is 11.5 Å². The van der Waals surface area contributed by atoms with Crippen molar-refractivity contribution in [2.45, 2.75) is 31.8 Å². The fourth-order valence-electron chi connectivity index (χ4n) is 2.32. The highest BCUT2D eigenvalue weighted by atomic mass is 16.6. The summed E-state index contributed by atoms with van der Waals surface area (Å²) in [5.41, 5.74) is 1.02. The van der Waals surface area contributed by atoms with Crippen LogP contribution in [0.15, 0.2) is 18.2 Å². The molecule has 5 nitrogen and oxygen atoms in total. The van der Waals surface area contributed by atoms with Gasteiger partial charge in [-0.1, -0.05) is 6.07 Å². The summed E-state index contributed by atoms with van der Waals surface area (Å²) in [6.45, 7) is 1.14. The van der Waals surface area contributed by atoms with Gasteiger partial charge in [-0.15, -0.1) is 0 Å². The summed E-state index contributed by atoms with van der Waals surface area (Å²) in [5.74, 6) is 1.16. The Morgan fingerprint density at radius 1 is 1.29 bits per heavy atom. The first-order chi connectivity index (χ1) is 10.2. The summed E-state index contributed by atoms with van der Waals surface area (Å²) < 4.78 is 21.1. The van der Waals surface area contributed by atoms with E-state index < -0.39 is 0 Å². The monoisotopic (exact) mass is 294 g/mol. The summed E-state index contributed by atoms with van der Waals surface area (Å²) >= 11 is 0. The van der Waals surface area contributed by atoms with E-state index in [1.807, 2.05) is 18.2 Å². The minimum Gasteiger partial charge on any atom is -0.493 e. The number of methoxy groups -OCH3 is 2. The molecule has 1 aliphatic heterocycles. The van der Waals surface area contributed by atoms with E-state index in [1.54, 1.807) is 14.2 Å². The Morgan fingerprint density at radius 3 is 2.76 bits per heavy atom. The molecule has 1 aromatic carbocycles. The lowest BCUT2D eigenvalue weighted by atomic mass is 10.1. The van der Waals surface area contributed by atoms with Crippen molar-refractivity contribution in [3.05, 3.63) is 23.8 Å². The van der Waals surface area contributed by atoms with Gasteiger partial charge in [0.25, 0.3) is 0 Å². The first-order valence-corrected chi connectivity index (χ1v) is 7.21. The van der Waals surface area contributed by atoms with Crippen LogP contribution >= 0.6 is 0 Å². The van der Waals surface area contributed by atoms with E-state index >= 15 is 0 Å². The molecule has 0 radical (unpaired) electrons. The number of carbonyl (C=O) groups excluding carboxylic acids is 1. The van der Waals surface area contributed by atoms with Gasteiger partial charge in [-0.3, -0.25) is 4.79 Å². The van der Waals surface area contributed by atoms with E-state index in [2.05, 4.69) is 0 Å². The lowest BCUT2D eigenvalue weighted by Crippen LogP contribution is -2.18. The molecule has 21 heavy (non-hydrogen) atoms.